The average molecular weight is 233 g/mol. The first kappa shape index (κ1) is 11.6. The van der Waals surface area contributed by atoms with Gasteiger partial charge in [0.1, 0.15) is 11.5 Å². The molecule has 1 aromatic carbocycles. The van der Waals surface area contributed by atoms with Gasteiger partial charge < -0.3 is 9.64 Å². The molecule has 17 heavy (non-hydrogen) atoms. The van der Waals surface area contributed by atoms with E-state index in [9.17, 15) is 9.59 Å². The lowest BCUT2D eigenvalue weighted by Gasteiger charge is -2.25. The highest BCUT2D eigenvalue weighted by molar-refractivity contribution is 5.81. The summed E-state index contributed by atoms with van der Waals surface area (Å²) in [5.41, 5.74) is 1.05. The van der Waals surface area contributed by atoms with Gasteiger partial charge >= 0.3 is 6.09 Å². The van der Waals surface area contributed by atoms with Crippen molar-refractivity contribution < 1.29 is 14.3 Å². The number of hydrogen-bond acceptors (Lipinski definition) is 3. The number of Topliss-reactive ketones (excluding diaryl/α,β-unsaturated/α-hetero) is 1. The Balaban J connectivity index is 1.95. The second-order valence-corrected chi connectivity index (χ2v) is 4.21. The van der Waals surface area contributed by atoms with Crippen LogP contribution in [0.2, 0.25) is 0 Å². The molecule has 1 aromatic rings. The molecule has 0 bridgehead atoms. The van der Waals surface area contributed by atoms with Crippen LogP contribution in [-0.4, -0.2) is 29.9 Å². The summed E-state index contributed by atoms with van der Waals surface area (Å²) >= 11 is 0. The monoisotopic (exact) mass is 233 g/mol. The van der Waals surface area contributed by atoms with Crippen LogP contribution in [0.3, 0.4) is 0 Å². The van der Waals surface area contributed by atoms with Gasteiger partial charge in [-0.25, -0.2) is 4.79 Å². The number of likely N-dealkylation sites (tertiary alicyclic amines) is 1. The Bertz CT molecular complexity index is 432. The fourth-order valence-electron chi connectivity index (χ4n) is 1.78. The zero-order valence-electron chi connectivity index (χ0n) is 9.81. The third-order valence-corrected chi connectivity index (χ3v) is 2.77. The van der Waals surface area contributed by atoms with Gasteiger partial charge in [-0.3, -0.25) is 4.79 Å². The number of nitrogens with zero attached hydrogens (tertiary/aromatic N) is 1. The summed E-state index contributed by atoms with van der Waals surface area (Å²) in [6.07, 6.45) is 0.495. The zero-order chi connectivity index (χ0) is 12.3. The normalized spacial score (nSPS) is 15.8. The molecule has 4 nitrogen and oxygen atoms in total. The maximum absolute atomic E-state index is 11.8. The number of aryl methyl sites for hydroxylation is 1. The summed E-state index contributed by atoms with van der Waals surface area (Å²) in [6.45, 7) is 2.86. The first-order valence-corrected chi connectivity index (χ1v) is 5.70. The van der Waals surface area contributed by atoms with Crippen molar-refractivity contribution in [1.29, 1.82) is 0 Å². The highest BCUT2D eigenvalue weighted by atomic mass is 16.6. The van der Waals surface area contributed by atoms with Crippen molar-refractivity contribution in [2.45, 2.75) is 19.8 Å². The van der Waals surface area contributed by atoms with E-state index in [1.165, 1.54) is 0 Å². The first-order valence-electron chi connectivity index (χ1n) is 5.70. The van der Waals surface area contributed by atoms with Crippen LogP contribution in [0.4, 0.5) is 4.79 Å². The lowest BCUT2D eigenvalue weighted by Crippen LogP contribution is -2.40. The number of carbonyl (C=O) groups is 2. The van der Waals surface area contributed by atoms with Gasteiger partial charge in [-0.15, -0.1) is 0 Å². The van der Waals surface area contributed by atoms with E-state index in [4.69, 9.17) is 4.74 Å². The maximum Gasteiger partial charge on any atom is 0.415 e. The van der Waals surface area contributed by atoms with Crippen molar-refractivity contribution in [3.63, 3.8) is 0 Å². The third kappa shape index (κ3) is 3.06. The molecule has 1 amide bonds. The highest BCUT2D eigenvalue weighted by Crippen LogP contribution is 2.15. The van der Waals surface area contributed by atoms with Crippen LogP contribution in [0, 0.1) is 6.92 Å². The van der Waals surface area contributed by atoms with Gasteiger partial charge in [-0.05, 0) is 24.6 Å². The van der Waals surface area contributed by atoms with Crippen molar-refractivity contribution in [2.24, 2.45) is 0 Å². The Hall–Kier alpha value is -1.84. The minimum Gasteiger partial charge on any atom is -0.410 e. The van der Waals surface area contributed by atoms with Crippen molar-refractivity contribution >= 4 is 11.9 Å². The van der Waals surface area contributed by atoms with Crippen LogP contribution in [0.15, 0.2) is 24.3 Å². The molecular formula is C13H15NO3. The van der Waals surface area contributed by atoms with E-state index >= 15 is 0 Å². The molecule has 1 heterocycles. The van der Waals surface area contributed by atoms with Crippen LogP contribution in [0.25, 0.3) is 0 Å². The number of piperidine rings is 1. The maximum atomic E-state index is 11.8. The topological polar surface area (TPSA) is 46.6 Å². The van der Waals surface area contributed by atoms with Gasteiger partial charge in [0.2, 0.25) is 0 Å². The van der Waals surface area contributed by atoms with Crippen LogP contribution in [0.1, 0.15) is 18.4 Å². The molecular weight excluding hydrogens is 218 g/mol. The Kier molecular flexibility index (Phi) is 3.42. The molecule has 0 spiro atoms. The lowest BCUT2D eigenvalue weighted by molar-refractivity contribution is -0.121. The molecule has 0 atom stereocenters. The molecule has 0 aromatic heterocycles. The summed E-state index contributed by atoms with van der Waals surface area (Å²) in [5, 5.41) is 0. The van der Waals surface area contributed by atoms with Crippen LogP contribution < -0.4 is 4.74 Å². The van der Waals surface area contributed by atoms with E-state index in [-0.39, 0.29) is 11.9 Å². The summed E-state index contributed by atoms with van der Waals surface area (Å²) in [6, 6.07) is 7.35. The minimum atomic E-state index is -0.372. The Labute approximate surface area is 100 Å². The predicted octanol–water partition coefficient (Wildman–Crippen LogP) is 2.16. The van der Waals surface area contributed by atoms with Crippen LogP contribution >= 0.6 is 0 Å². The van der Waals surface area contributed by atoms with E-state index in [2.05, 4.69) is 0 Å². The van der Waals surface area contributed by atoms with E-state index in [1.807, 2.05) is 25.1 Å². The average Bonchev–Trinajstić information content (AvgIpc) is 2.29. The second-order valence-electron chi connectivity index (χ2n) is 4.21. The largest absolute Gasteiger partial charge is 0.415 e. The third-order valence-electron chi connectivity index (χ3n) is 2.77. The zero-order valence-corrected chi connectivity index (χ0v) is 9.81. The van der Waals surface area contributed by atoms with Gasteiger partial charge in [0.05, 0.1) is 0 Å². The quantitative estimate of drug-likeness (QED) is 0.746. The van der Waals surface area contributed by atoms with E-state index in [1.54, 1.807) is 11.0 Å². The van der Waals surface area contributed by atoms with Gasteiger partial charge in [-0.2, -0.15) is 0 Å². The number of benzene rings is 1. The summed E-state index contributed by atoms with van der Waals surface area (Å²) < 4.78 is 5.25. The van der Waals surface area contributed by atoms with Crippen LogP contribution in [0.5, 0.6) is 5.75 Å². The van der Waals surface area contributed by atoms with E-state index in [0.29, 0.717) is 31.7 Å². The van der Waals surface area contributed by atoms with E-state index < -0.39 is 0 Å². The molecule has 0 N–H and O–H groups in total. The molecule has 0 saturated carbocycles. The molecule has 2 rings (SSSR count). The fourth-order valence-corrected chi connectivity index (χ4v) is 1.78. The molecule has 0 aliphatic carbocycles. The number of rotatable bonds is 1. The van der Waals surface area contributed by atoms with Gasteiger partial charge in [0.15, 0.2) is 0 Å². The summed E-state index contributed by atoms with van der Waals surface area (Å²) in [5.74, 6) is 0.761. The predicted molar refractivity (Wildman–Crippen MR) is 63.0 cm³/mol. The fraction of sp³-hybridized carbons (Fsp3) is 0.385. The van der Waals surface area contributed by atoms with Crippen molar-refractivity contribution in [1.82, 2.24) is 4.90 Å². The SMILES string of the molecule is Cc1cccc(OC(=O)N2CCC(=O)CC2)c1. The van der Waals surface area contributed by atoms with Gasteiger partial charge in [-0.1, -0.05) is 12.1 Å². The number of ether oxygens (including phenoxy) is 1. The number of hydrogen-bond donors (Lipinski definition) is 0. The minimum absolute atomic E-state index is 0.213. The molecule has 1 aliphatic rings. The Morgan fingerprint density at radius 2 is 2.00 bits per heavy atom. The Morgan fingerprint density at radius 1 is 1.29 bits per heavy atom. The van der Waals surface area contributed by atoms with Crippen molar-refractivity contribution in [3.8, 4) is 5.75 Å². The van der Waals surface area contributed by atoms with Crippen LogP contribution in [-0.2, 0) is 4.79 Å². The number of amides is 1. The Morgan fingerprint density at radius 3 is 2.65 bits per heavy atom. The standard InChI is InChI=1S/C13H15NO3/c1-10-3-2-4-12(9-10)17-13(16)14-7-5-11(15)6-8-14/h2-4,9H,5-8H2,1H3. The number of carbonyl (C=O) groups excluding carboxylic acids is 2. The molecule has 1 fully saturated rings. The van der Waals surface area contributed by atoms with Crippen molar-refractivity contribution in [3.05, 3.63) is 29.8 Å². The molecule has 1 aliphatic heterocycles. The second kappa shape index (κ2) is 4.99. The first-order chi connectivity index (χ1) is 8.15. The number of ketones is 1. The van der Waals surface area contributed by atoms with E-state index in [0.717, 1.165) is 5.56 Å². The highest BCUT2D eigenvalue weighted by Gasteiger charge is 2.22. The summed E-state index contributed by atoms with van der Waals surface area (Å²) in [4.78, 5) is 24.4. The van der Waals surface area contributed by atoms with Gasteiger partial charge in [0.25, 0.3) is 0 Å². The molecule has 4 heteroatoms. The molecule has 0 unspecified atom stereocenters. The molecule has 90 valence electrons. The van der Waals surface area contributed by atoms with Crippen molar-refractivity contribution in [2.75, 3.05) is 13.1 Å². The smallest absolute Gasteiger partial charge is 0.410 e. The lowest BCUT2D eigenvalue weighted by atomic mass is 10.1. The molecule has 0 radical (unpaired) electrons. The van der Waals surface area contributed by atoms with Gasteiger partial charge in [0, 0.05) is 25.9 Å². The molecule has 1 saturated heterocycles. The summed E-state index contributed by atoms with van der Waals surface area (Å²) in [7, 11) is 0.